The number of imidazole rings is 1. The third-order valence-corrected chi connectivity index (χ3v) is 10.5. The number of amides is 1. The molecule has 1 aromatic heterocycles. The Morgan fingerprint density at radius 2 is 1.71 bits per heavy atom. The van der Waals surface area contributed by atoms with Gasteiger partial charge in [0.15, 0.2) is 0 Å². The second kappa shape index (κ2) is 20.1. The second-order valence-corrected chi connectivity index (χ2v) is 15.4. The summed E-state index contributed by atoms with van der Waals surface area (Å²) >= 11 is 0. The molecular weight excluding hydrogens is 669 g/mol. The van der Waals surface area contributed by atoms with Crippen LogP contribution in [0.2, 0.25) is 0 Å². The molecule has 0 spiro atoms. The standard InChI is InChI=1S/C43H56N4O4S/c1-5-7-24-50-25-26-51-40-17-12-34(13-18-40)35-14-21-42-37(27-35)28-36(11-9-8-10-23-46(42)30-33(3)4)43(48)45-38-15-19-41(20-16-38)52(49)31-39-29-44-32-47(39)22-6-2/h12-21,27-29,32-33H,5-11,22-26,30-31H2,1-4H3,(H,45,48)/b36-28+/t52-/m0/s1. The Morgan fingerprint density at radius 3 is 2.46 bits per heavy atom. The molecule has 0 saturated carbocycles. The zero-order valence-corrected chi connectivity index (χ0v) is 32.3. The summed E-state index contributed by atoms with van der Waals surface area (Å²) in [6, 6.07) is 22.2. The first-order valence-corrected chi connectivity index (χ1v) is 20.4. The van der Waals surface area contributed by atoms with Gasteiger partial charge < -0.3 is 24.3 Å². The van der Waals surface area contributed by atoms with Gasteiger partial charge in [0.1, 0.15) is 12.4 Å². The minimum Gasteiger partial charge on any atom is -0.491 e. The molecule has 1 atom stereocenters. The molecule has 8 nitrogen and oxygen atoms in total. The van der Waals surface area contributed by atoms with Gasteiger partial charge in [-0.05, 0) is 109 Å². The van der Waals surface area contributed by atoms with Crippen molar-refractivity contribution in [1.82, 2.24) is 9.55 Å². The number of nitrogens with zero attached hydrogens (tertiary/aromatic N) is 3. The summed E-state index contributed by atoms with van der Waals surface area (Å²) in [5, 5.41) is 3.13. The quantitative estimate of drug-likeness (QED) is 0.109. The molecule has 9 heteroatoms. The number of benzene rings is 3. The van der Waals surface area contributed by atoms with E-state index in [1.807, 2.05) is 36.4 Å². The first-order chi connectivity index (χ1) is 25.3. The van der Waals surface area contributed by atoms with Gasteiger partial charge in [-0.3, -0.25) is 9.00 Å². The summed E-state index contributed by atoms with van der Waals surface area (Å²) in [4.78, 5) is 21.3. The van der Waals surface area contributed by atoms with Gasteiger partial charge in [-0.1, -0.05) is 58.7 Å². The van der Waals surface area contributed by atoms with Crippen LogP contribution in [0.3, 0.4) is 0 Å². The number of hydrogen-bond acceptors (Lipinski definition) is 6. The summed E-state index contributed by atoms with van der Waals surface area (Å²) in [5.74, 6) is 1.62. The topological polar surface area (TPSA) is 85.7 Å². The lowest BCUT2D eigenvalue weighted by Crippen LogP contribution is -2.29. The minimum absolute atomic E-state index is 0.107. The van der Waals surface area contributed by atoms with Crippen LogP contribution in [-0.4, -0.2) is 52.6 Å². The van der Waals surface area contributed by atoms with E-state index in [0.717, 1.165) is 109 Å². The van der Waals surface area contributed by atoms with Crippen molar-refractivity contribution in [3.8, 4) is 16.9 Å². The second-order valence-electron chi connectivity index (χ2n) is 14.0. The van der Waals surface area contributed by atoms with Crippen LogP contribution < -0.4 is 15.0 Å². The van der Waals surface area contributed by atoms with Crippen LogP contribution >= 0.6 is 0 Å². The lowest BCUT2D eigenvalue weighted by atomic mass is 9.96. The summed E-state index contributed by atoms with van der Waals surface area (Å²) in [6.07, 6.45) is 12.6. The molecule has 1 N–H and O–H groups in total. The van der Waals surface area contributed by atoms with E-state index in [1.165, 1.54) is 0 Å². The average Bonchev–Trinajstić information content (AvgIpc) is 3.58. The van der Waals surface area contributed by atoms with E-state index in [1.54, 1.807) is 12.5 Å². The van der Waals surface area contributed by atoms with Gasteiger partial charge in [0.05, 0.1) is 35.2 Å². The average molecular weight is 725 g/mol. The molecule has 0 radical (unpaired) electrons. The Labute approximate surface area is 313 Å². The molecule has 52 heavy (non-hydrogen) atoms. The van der Waals surface area contributed by atoms with Gasteiger partial charge in [-0.2, -0.15) is 0 Å². The molecule has 0 bridgehead atoms. The van der Waals surface area contributed by atoms with E-state index in [9.17, 15) is 9.00 Å². The summed E-state index contributed by atoms with van der Waals surface area (Å²) < 4.78 is 26.8. The number of unbranched alkanes of at least 4 members (excludes halogenated alkanes) is 1. The molecule has 0 saturated heterocycles. The van der Waals surface area contributed by atoms with Crippen LogP contribution in [-0.2, 0) is 32.6 Å². The summed E-state index contributed by atoms with van der Waals surface area (Å²) in [7, 11) is -1.22. The summed E-state index contributed by atoms with van der Waals surface area (Å²) in [6.45, 7) is 13.5. The molecular formula is C43H56N4O4S. The van der Waals surface area contributed by atoms with E-state index in [4.69, 9.17) is 9.47 Å². The van der Waals surface area contributed by atoms with E-state index < -0.39 is 10.8 Å². The van der Waals surface area contributed by atoms with Crippen molar-refractivity contribution in [2.45, 2.75) is 89.8 Å². The van der Waals surface area contributed by atoms with Gasteiger partial charge in [-0.25, -0.2) is 4.98 Å². The molecule has 1 amide bonds. The Kier molecular flexibility index (Phi) is 15.1. The predicted octanol–water partition coefficient (Wildman–Crippen LogP) is 9.52. The fourth-order valence-corrected chi connectivity index (χ4v) is 7.58. The number of nitrogens with one attached hydrogen (secondary N) is 1. The third kappa shape index (κ3) is 11.4. The lowest BCUT2D eigenvalue weighted by Gasteiger charge is -2.29. The highest BCUT2D eigenvalue weighted by Gasteiger charge is 2.18. The first kappa shape index (κ1) is 39.0. The molecule has 278 valence electrons. The monoisotopic (exact) mass is 724 g/mol. The number of ether oxygens (including phenoxy) is 2. The fraction of sp³-hybridized carbons (Fsp3) is 0.442. The Hall–Kier alpha value is -4.21. The van der Waals surface area contributed by atoms with E-state index in [2.05, 4.69) is 83.9 Å². The van der Waals surface area contributed by atoms with E-state index in [-0.39, 0.29) is 5.91 Å². The maximum Gasteiger partial charge on any atom is 0.251 e. The van der Waals surface area contributed by atoms with Crippen LogP contribution in [0.5, 0.6) is 5.75 Å². The van der Waals surface area contributed by atoms with Crippen LogP contribution in [0.15, 0.2) is 89.7 Å². The van der Waals surface area contributed by atoms with Crippen LogP contribution in [0, 0.1) is 5.92 Å². The molecule has 3 aromatic carbocycles. The molecule has 5 rings (SSSR count). The van der Waals surface area contributed by atoms with Crippen molar-refractivity contribution in [3.05, 3.63) is 96.1 Å². The molecule has 4 aromatic rings. The van der Waals surface area contributed by atoms with Crippen LogP contribution in [0.1, 0.15) is 83.9 Å². The number of rotatable bonds is 17. The van der Waals surface area contributed by atoms with Crippen molar-refractivity contribution < 1.29 is 18.5 Å². The number of anilines is 2. The van der Waals surface area contributed by atoms with Gasteiger partial charge in [0.2, 0.25) is 0 Å². The van der Waals surface area contributed by atoms with Crippen LogP contribution in [0.4, 0.5) is 11.4 Å². The molecule has 0 aliphatic carbocycles. The number of hydrogen-bond donors (Lipinski definition) is 1. The number of aryl methyl sites for hydroxylation is 1. The lowest BCUT2D eigenvalue weighted by molar-refractivity contribution is -0.112. The third-order valence-electron chi connectivity index (χ3n) is 9.19. The van der Waals surface area contributed by atoms with Gasteiger partial charge in [-0.15, -0.1) is 0 Å². The fourth-order valence-electron chi connectivity index (χ4n) is 6.46. The SMILES string of the molecule is CCCCOCCOc1ccc(-c2ccc3c(c2)/C=C(/C(=O)Nc2ccc([S@@](=O)Cc4cncn4CCC)cc2)CCCCCN3CC(C)C)cc1. The Balaban J connectivity index is 1.34. The van der Waals surface area contributed by atoms with Gasteiger partial charge in [0, 0.05) is 54.3 Å². The number of carbonyl (C=O) groups is 1. The molecule has 1 aliphatic rings. The molecule has 0 unspecified atom stereocenters. The molecule has 2 heterocycles. The minimum atomic E-state index is -1.22. The van der Waals surface area contributed by atoms with Crippen molar-refractivity contribution in [2.24, 2.45) is 5.92 Å². The van der Waals surface area contributed by atoms with E-state index in [0.29, 0.717) is 37.0 Å². The zero-order valence-electron chi connectivity index (χ0n) is 31.4. The number of aromatic nitrogens is 2. The highest BCUT2D eigenvalue weighted by Crippen LogP contribution is 2.33. The van der Waals surface area contributed by atoms with Gasteiger partial charge in [0.25, 0.3) is 5.91 Å². The van der Waals surface area contributed by atoms with Crippen molar-refractivity contribution in [2.75, 3.05) is 43.1 Å². The normalized spacial score (nSPS) is 15.1. The highest BCUT2D eigenvalue weighted by molar-refractivity contribution is 7.84. The smallest absolute Gasteiger partial charge is 0.251 e. The Morgan fingerprint density at radius 1 is 0.923 bits per heavy atom. The predicted molar refractivity (Wildman–Crippen MR) is 214 cm³/mol. The molecule has 1 aliphatic heterocycles. The van der Waals surface area contributed by atoms with Crippen molar-refractivity contribution >= 4 is 34.2 Å². The van der Waals surface area contributed by atoms with Crippen molar-refractivity contribution in [3.63, 3.8) is 0 Å². The first-order valence-electron chi connectivity index (χ1n) is 19.0. The largest absolute Gasteiger partial charge is 0.491 e. The maximum atomic E-state index is 13.9. The summed E-state index contributed by atoms with van der Waals surface area (Å²) in [5.41, 5.74) is 6.78. The van der Waals surface area contributed by atoms with Crippen molar-refractivity contribution in [1.29, 1.82) is 0 Å². The number of fused-ring (bicyclic) bond motifs is 1. The highest BCUT2D eigenvalue weighted by atomic mass is 32.2. The zero-order chi connectivity index (χ0) is 36.7. The van der Waals surface area contributed by atoms with Gasteiger partial charge >= 0.3 is 0 Å². The number of carbonyl (C=O) groups excluding carboxylic acids is 1. The molecule has 0 fully saturated rings. The Bertz CT molecular complexity index is 1760. The van der Waals surface area contributed by atoms with Crippen LogP contribution in [0.25, 0.3) is 17.2 Å². The maximum absolute atomic E-state index is 13.9. The van der Waals surface area contributed by atoms with E-state index >= 15 is 0 Å².